The SMILES string of the molecule is COC(=O)c1ccccc1NC(=O)CCN(C(C)=O)c1ccc(C)c(Cl)c1. The third-order valence-electron chi connectivity index (χ3n) is 4.02. The van der Waals surface area contributed by atoms with Crippen LogP contribution < -0.4 is 10.2 Å². The summed E-state index contributed by atoms with van der Waals surface area (Å²) >= 11 is 6.13. The normalized spacial score (nSPS) is 10.2. The third kappa shape index (κ3) is 5.31. The summed E-state index contributed by atoms with van der Waals surface area (Å²) in [6, 6.07) is 11.9. The van der Waals surface area contributed by atoms with Crippen molar-refractivity contribution in [3.05, 3.63) is 58.6 Å². The molecule has 7 heteroatoms. The van der Waals surface area contributed by atoms with Crippen LogP contribution in [0.15, 0.2) is 42.5 Å². The highest BCUT2D eigenvalue weighted by Crippen LogP contribution is 2.24. The molecule has 2 amide bonds. The number of halogens is 1. The lowest BCUT2D eigenvalue weighted by molar-refractivity contribution is -0.117. The number of hydrogen-bond acceptors (Lipinski definition) is 4. The molecule has 142 valence electrons. The van der Waals surface area contributed by atoms with Crippen LogP contribution in [0.2, 0.25) is 5.02 Å². The maximum Gasteiger partial charge on any atom is 0.339 e. The Morgan fingerprint density at radius 3 is 2.48 bits per heavy atom. The molecule has 6 nitrogen and oxygen atoms in total. The molecule has 2 aromatic carbocycles. The van der Waals surface area contributed by atoms with E-state index in [1.54, 1.807) is 36.4 Å². The number of hydrogen-bond donors (Lipinski definition) is 1. The first-order valence-corrected chi connectivity index (χ1v) is 8.72. The second-order valence-electron chi connectivity index (χ2n) is 5.94. The van der Waals surface area contributed by atoms with Gasteiger partial charge in [-0.1, -0.05) is 29.8 Å². The summed E-state index contributed by atoms with van der Waals surface area (Å²) in [5, 5.41) is 3.24. The van der Waals surface area contributed by atoms with Gasteiger partial charge in [-0.25, -0.2) is 4.79 Å². The van der Waals surface area contributed by atoms with Crippen LogP contribution in [0.1, 0.15) is 29.3 Å². The van der Waals surface area contributed by atoms with Crippen molar-refractivity contribution in [2.45, 2.75) is 20.3 Å². The minimum Gasteiger partial charge on any atom is -0.465 e. The lowest BCUT2D eigenvalue weighted by Gasteiger charge is -2.21. The van der Waals surface area contributed by atoms with Crippen molar-refractivity contribution in [1.82, 2.24) is 0 Å². The number of carbonyl (C=O) groups is 3. The Morgan fingerprint density at radius 2 is 1.85 bits per heavy atom. The van der Waals surface area contributed by atoms with Gasteiger partial charge in [-0.2, -0.15) is 0 Å². The van der Waals surface area contributed by atoms with Crippen LogP contribution in [0.4, 0.5) is 11.4 Å². The summed E-state index contributed by atoms with van der Waals surface area (Å²) < 4.78 is 4.71. The fraction of sp³-hybridized carbons (Fsp3) is 0.250. The quantitative estimate of drug-likeness (QED) is 0.763. The van der Waals surface area contributed by atoms with Gasteiger partial charge in [-0.05, 0) is 36.8 Å². The first-order valence-electron chi connectivity index (χ1n) is 8.35. The van der Waals surface area contributed by atoms with Crippen molar-refractivity contribution in [3.63, 3.8) is 0 Å². The molecule has 0 bridgehead atoms. The minimum atomic E-state index is -0.537. The van der Waals surface area contributed by atoms with Crippen molar-refractivity contribution >= 4 is 40.8 Å². The van der Waals surface area contributed by atoms with Gasteiger partial charge in [0.05, 0.1) is 18.4 Å². The van der Waals surface area contributed by atoms with E-state index in [1.807, 2.05) is 13.0 Å². The number of nitrogens with zero attached hydrogens (tertiary/aromatic N) is 1. The van der Waals surface area contributed by atoms with Crippen LogP contribution in [-0.2, 0) is 14.3 Å². The number of anilines is 2. The largest absolute Gasteiger partial charge is 0.465 e. The zero-order valence-corrected chi connectivity index (χ0v) is 16.2. The van der Waals surface area contributed by atoms with E-state index >= 15 is 0 Å². The predicted octanol–water partition coefficient (Wildman–Crippen LogP) is 3.82. The molecule has 0 radical (unpaired) electrons. The van der Waals surface area contributed by atoms with Crippen LogP contribution >= 0.6 is 11.6 Å². The number of amides is 2. The van der Waals surface area contributed by atoms with Gasteiger partial charge in [0, 0.05) is 30.6 Å². The molecule has 27 heavy (non-hydrogen) atoms. The summed E-state index contributed by atoms with van der Waals surface area (Å²) in [5.74, 6) is -1.06. The first kappa shape index (κ1) is 20.5. The molecule has 0 spiro atoms. The number of ether oxygens (including phenoxy) is 1. The molecule has 0 saturated heterocycles. The molecule has 0 aliphatic carbocycles. The van der Waals surface area contributed by atoms with E-state index < -0.39 is 5.97 Å². The molecule has 0 atom stereocenters. The molecular weight excluding hydrogens is 368 g/mol. The Balaban J connectivity index is 2.08. The second-order valence-corrected chi connectivity index (χ2v) is 6.35. The van der Waals surface area contributed by atoms with Crippen molar-refractivity contribution in [1.29, 1.82) is 0 Å². The van der Waals surface area contributed by atoms with E-state index in [2.05, 4.69) is 5.32 Å². The first-order chi connectivity index (χ1) is 12.8. The zero-order chi connectivity index (χ0) is 20.0. The summed E-state index contributed by atoms with van der Waals surface area (Å²) in [5.41, 5.74) is 2.16. The van der Waals surface area contributed by atoms with Gasteiger partial charge < -0.3 is 15.0 Å². The van der Waals surface area contributed by atoms with Gasteiger partial charge in [0.25, 0.3) is 0 Å². The van der Waals surface area contributed by atoms with Crippen molar-refractivity contribution in [2.75, 3.05) is 23.9 Å². The maximum absolute atomic E-state index is 12.3. The molecule has 0 unspecified atom stereocenters. The maximum atomic E-state index is 12.3. The molecule has 1 N–H and O–H groups in total. The molecule has 0 aromatic heterocycles. The van der Waals surface area contributed by atoms with Gasteiger partial charge in [0.1, 0.15) is 0 Å². The fourth-order valence-corrected chi connectivity index (χ4v) is 2.70. The number of rotatable bonds is 6. The van der Waals surface area contributed by atoms with Gasteiger partial charge in [0.15, 0.2) is 0 Å². The number of benzene rings is 2. The van der Waals surface area contributed by atoms with Gasteiger partial charge >= 0.3 is 5.97 Å². The van der Waals surface area contributed by atoms with Crippen LogP contribution in [0.25, 0.3) is 0 Å². The van der Waals surface area contributed by atoms with Gasteiger partial charge in [0.2, 0.25) is 11.8 Å². The van der Waals surface area contributed by atoms with Gasteiger partial charge in [-0.15, -0.1) is 0 Å². The van der Waals surface area contributed by atoms with Crippen LogP contribution in [0, 0.1) is 6.92 Å². The summed E-state index contributed by atoms with van der Waals surface area (Å²) in [4.78, 5) is 37.6. The fourth-order valence-electron chi connectivity index (χ4n) is 2.52. The smallest absolute Gasteiger partial charge is 0.339 e. The van der Waals surface area contributed by atoms with E-state index in [1.165, 1.54) is 18.9 Å². The Hall–Kier alpha value is -2.86. The second kappa shape index (κ2) is 9.19. The molecule has 2 aromatic rings. The minimum absolute atomic E-state index is 0.0561. The number of aryl methyl sites for hydroxylation is 1. The number of methoxy groups -OCH3 is 1. The standard InChI is InChI=1S/C20H21ClN2O4/c1-13-8-9-15(12-17(13)21)23(14(2)24)11-10-19(25)22-18-7-5-4-6-16(18)20(26)27-3/h4-9,12H,10-11H2,1-3H3,(H,22,25). The van der Waals surface area contributed by atoms with E-state index in [-0.39, 0.29) is 30.3 Å². The monoisotopic (exact) mass is 388 g/mol. The Kier molecular flexibility index (Phi) is 6.96. The van der Waals surface area contributed by atoms with Crippen LogP contribution in [0.5, 0.6) is 0 Å². The van der Waals surface area contributed by atoms with E-state index in [9.17, 15) is 14.4 Å². The molecule has 0 heterocycles. The lowest BCUT2D eigenvalue weighted by atomic mass is 10.1. The summed E-state index contributed by atoms with van der Waals surface area (Å²) in [6.45, 7) is 3.48. The van der Waals surface area contributed by atoms with Crippen LogP contribution in [0.3, 0.4) is 0 Å². The lowest BCUT2D eigenvalue weighted by Crippen LogP contribution is -2.32. The molecule has 2 rings (SSSR count). The Morgan fingerprint density at radius 1 is 1.15 bits per heavy atom. The summed E-state index contributed by atoms with van der Waals surface area (Å²) in [6.07, 6.45) is 0.0561. The van der Waals surface area contributed by atoms with Crippen molar-refractivity contribution in [2.24, 2.45) is 0 Å². The zero-order valence-electron chi connectivity index (χ0n) is 15.4. The van der Waals surface area contributed by atoms with E-state index in [4.69, 9.17) is 16.3 Å². The Bertz CT molecular complexity index is 867. The van der Waals surface area contributed by atoms with Crippen LogP contribution in [-0.4, -0.2) is 31.4 Å². The highest BCUT2D eigenvalue weighted by Gasteiger charge is 2.16. The molecule has 0 aliphatic rings. The highest BCUT2D eigenvalue weighted by atomic mass is 35.5. The molecule has 0 aliphatic heterocycles. The van der Waals surface area contributed by atoms with E-state index in [0.29, 0.717) is 16.4 Å². The molecular formula is C20H21ClN2O4. The van der Waals surface area contributed by atoms with Crippen molar-refractivity contribution in [3.8, 4) is 0 Å². The topological polar surface area (TPSA) is 75.7 Å². The third-order valence-corrected chi connectivity index (χ3v) is 4.42. The number of carbonyl (C=O) groups excluding carboxylic acids is 3. The predicted molar refractivity (Wildman–Crippen MR) is 105 cm³/mol. The van der Waals surface area contributed by atoms with Gasteiger partial charge in [-0.3, -0.25) is 9.59 Å². The molecule has 0 fully saturated rings. The average Bonchev–Trinajstić information content (AvgIpc) is 2.64. The van der Waals surface area contributed by atoms with Crippen molar-refractivity contribution < 1.29 is 19.1 Å². The number of esters is 1. The number of para-hydroxylation sites is 1. The van der Waals surface area contributed by atoms with E-state index in [0.717, 1.165) is 5.56 Å². The summed E-state index contributed by atoms with van der Waals surface area (Å²) in [7, 11) is 1.28. The molecule has 0 saturated carbocycles. The average molecular weight is 389 g/mol. The number of nitrogens with one attached hydrogen (secondary N) is 1. The Labute approximate surface area is 163 Å². The highest BCUT2D eigenvalue weighted by molar-refractivity contribution is 6.31.